The molecule has 0 saturated carbocycles. The van der Waals surface area contributed by atoms with Crippen LogP contribution in [0.1, 0.15) is 25.5 Å². The van der Waals surface area contributed by atoms with Gasteiger partial charge in [0.25, 0.3) is 0 Å². The smallest absolute Gasteiger partial charge is 0.227 e. The van der Waals surface area contributed by atoms with Crippen molar-refractivity contribution in [3.8, 4) is 5.75 Å². The number of alkyl halides is 1. The van der Waals surface area contributed by atoms with E-state index in [4.69, 9.17) is 16.3 Å². The van der Waals surface area contributed by atoms with Crippen LogP contribution < -0.4 is 10.1 Å². The van der Waals surface area contributed by atoms with Gasteiger partial charge in [-0.2, -0.15) is 0 Å². The maximum Gasteiger partial charge on any atom is 0.227 e. The second-order valence-electron chi connectivity index (χ2n) is 4.89. The van der Waals surface area contributed by atoms with Crippen molar-refractivity contribution in [3.63, 3.8) is 0 Å². The minimum atomic E-state index is -0.556. The monoisotopic (exact) mass is 253 g/mol. The molecule has 0 spiro atoms. The number of amides is 1. The molecule has 1 aromatic rings. The van der Waals surface area contributed by atoms with Crippen molar-refractivity contribution in [1.82, 2.24) is 5.32 Å². The van der Waals surface area contributed by atoms with Crippen LogP contribution in [0.25, 0.3) is 0 Å². The molecule has 17 heavy (non-hydrogen) atoms. The van der Waals surface area contributed by atoms with Gasteiger partial charge in [-0.15, -0.1) is 11.6 Å². The van der Waals surface area contributed by atoms with Crippen LogP contribution in [0, 0.1) is 5.41 Å². The first-order valence-electron chi connectivity index (χ1n) is 5.63. The summed E-state index contributed by atoms with van der Waals surface area (Å²) in [5, 5.41) is 2.98. The van der Waals surface area contributed by atoms with Crippen molar-refractivity contribution in [1.29, 1.82) is 0 Å². The summed E-state index contributed by atoms with van der Waals surface area (Å²) in [6.07, 6.45) is 0. The fourth-order valence-electron chi connectivity index (χ4n) is 1.70. The minimum Gasteiger partial charge on any atom is -0.491 e. The van der Waals surface area contributed by atoms with Crippen LogP contribution in [0.2, 0.25) is 0 Å². The number of halogens is 1. The first-order valence-corrected chi connectivity index (χ1v) is 6.17. The predicted molar refractivity (Wildman–Crippen MR) is 67.3 cm³/mol. The fourth-order valence-corrected chi connectivity index (χ4v) is 1.82. The molecule has 1 aliphatic heterocycles. The highest BCUT2D eigenvalue weighted by Gasteiger charge is 2.31. The Balaban J connectivity index is 2.10. The summed E-state index contributed by atoms with van der Waals surface area (Å²) >= 11 is 5.78. The number of hydrogen-bond donors (Lipinski definition) is 1. The Morgan fingerprint density at radius 3 is 2.94 bits per heavy atom. The molecule has 0 saturated heterocycles. The number of carbonyl (C=O) groups excluding carboxylic acids is 1. The van der Waals surface area contributed by atoms with E-state index in [0.29, 0.717) is 12.5 Å². The van der Waals surface area contributed by atoms with E-state index in [-0.39, 0.29) is 11.9 Å². The lowest BCUT2D eigenvalue weighted by atomic mass is 9.94. The summed E-state index contributed by atoms with van der Waals surface area (Å²) in [6, 6.07) is 7.68. The third-order valence-electron chi connectivity index (χ3n) is 2.95. The van der Waals surface area contributed by atoms with E-state index < -0.39 is 5.41 Å². The highest BCUT2D eigenvalue weighted by Crippen LogP contribution is 2.32. The quantitative estimate of drug-likeness (QED) is 0.841. The normalized spacial score (nSPS) is 18.4. The van der Waals surface area contributed by atoms with E-state index >= 15 is 0 Å². The number of nitrogens with one attached hydrogen (secondary N) is 1. The van der Waals surface area contributed by atoms with Gasteiger partial charge in [0.1, 0.15) is 12.4 Å². The molecule has 1 N–H and O–H groups in total. The molecule has 3 nitrogen and oxygen atoms in total. The first kappa shape index (κ1) is 12.2. The number of ether oxygens (including phenoxy) is 1. The Kier molecular flexibility index (Phi) is 3.29. The standard InChI is InChI=1S/C13H16ClNO2/c1-13(2,8-14)12(16)15-10-7-17-11-6-4-3-5-9(10)11/h3-6,10H,7-8H2,1-2H3,(H,15,16). The molecule has 2 rings (SSSR count). The molecule has 0 fully saturated rings. The second kappa shape index (κ2) is 4.57. The summed E-state index contributed by atoms with van der Waals surface area (Å²) in [7, 11) is 0. The van der Waals surface area contributed by atoms with E-state index in [2.05, 4.69) is 5.32 Å². The Morgan fingerprint density at radius 2 is 2.24 bits per heavy atom. The van der Waals surface area contributed by atoms with Crippen molar-refractivity contribution >= 4 is 17.5 Å². The Hall–Kier alpha value is -1.22. The maximum absolute atomic E-state index is 12.0. The molecule has 0 radical (unpaired) electrons. The van der Waals surface area contributed by atoms with Gasteiger partial charge in [-0.1, -0.05) is 18.2 Å². The van der Waals surface area contributed by atoms with Crippen molar-refractivity contribution in [2.75, 3.05) is 12.5 Å². The fraction of sp³-hybridized carbons (Fsp3) is 0.462. The van der Waals surface area contributed by atoms with Gasteiger partial charge < -0.3 is 10.1 Å². The predicted octanol–water partition coefficient (Wildman–Crippen LogP) is 2.50. The third kappa shape index (κ3) is 2.39. The van der Waals surface area contributed by atoms with Gasteiger partial charge in [0, 0.05) is 11.4 Å². The van der Waals surface area contributed by atoms with Crippen molar-refractivity contribution in [2.45, 2.75) is 19.9 Å². The van der Waals surface area contributed by atoms with Crippen LogP contribution in [0.15, 0.2) is 24.3 Å². The number of benzene rings is 1. The van der Waals surface area contributed by atoms with Gasteiger partial charge in [-0.05, 0) is 19.9 Å². The third-order valence-corrected chi connectivity index (χ3v) is 3.62. The molecule has 1 aromatic carbocycles. The number of fused-ring (bicyclic) bond motifs is 1. The van der Waals surface area contributed by atoms with Crippen molar-refractivity contribution < 1.29 is 9.53 Å². The lowest BCUT2D eigenvalue weighted by molar-refractivity contribution is -0.129. The van der Waals surface area contributed by atoms with Crippen LogP contribution in [0.5, 0.6) is 5.75 Å². The minimum absolute atomic E-state index is 0.0437. The zero-order valence-electron chi connectivity index (χ0n) is 10.00. The summed E-state index contributed by atoms with van der Waals surface area (Å²) in [5.41, 5.74) is 0.477. The average molecular weight is 254 g/mol. The van der Waals surface area contributed by atoms with Gasteiger partial charge in [0.05, 0.1) is 11.5 Å². The van der Waals surface area contributed by atoms with Gasteiger partial charge in [-0.25, -0.2) is 0 Å². The van der Waals surface area contributed by atoms with E-state index in [0.717, 1.165) is 11.3 Å². The van der Waals surface area contributed by atoms with Gasteiger partial charge >= 0.3 is 0 Å². The zero-order valence-corrected chi connectivity index (χ0v) is 10.8. The Labute approximate surface area is 106 Å². The Morgan fingerprint density at radius 1 is 1.53 bits per heavy atom. The molecule has 1 heterocycles. The molecule has 0 bridgehead atoms. The average Bonchev–Trinajstić information content (AvgIpc) is 2.73. The highest BCUT2D eigenvalue weighted by molar-refractivity contribution is 6.19. The number of rotatable bonds is 3. The van der Waals surface area contributed by atoms with E-state index in [1.807, 2.05) is 38.1 Å². The molecule has 0 aliphatic carbocycles. The molecule has 1 amide bonds. The molecule has 0 aromatic heterocycles. The van der Waals surface area contributed by atoms with Crippen LogP contribution in [-0.2, 0) is 4.79 Å². The number of carbonyl (C=O) groups is 1. The molecular weight excluding hydrogens is 238 g/mol. The first-order chi connectivity index (χ1) is 8.04. The topological polar surface area (TPSA) is 38.3 Å². The summed E-state index contributed by atoms with van der Waals surface area (Å²) in [5.74, 6) is 1.10. The molecule has 92 valence electrons. The summed E-state index contributed by atoms with van der Waals surface area (Å²) in [4.78, 5) is 12.0. The van der Waals surface area contributed by atoms with E-state index in [1.54, 1.807) is 0 Å². The Bertz CT molecular complexity index is 431. The molecular formula is C13H16ClNO2. The SMILES string of the molecule is CC(C)(CCl)C(=O)NC1COc2ccccc21. The van der Waals surface area contributed by atoms with Crippen LogP contribution >= 0.6 is 11.6 Å². The van der Waals surface area contributed by atoms with Crippen LogP contribution in [0.4, 0.5) is 0 Å². The van der Waals surface area contributed by atoms with Crippen LogP contribution in [0.3, 0.4) is 0 Å². The van der Waals surface area contributed by atoms with Gasteiger partial charge in [0.2, 0.25) is 5.91 Å². The summed E-state index contributed by atoms with van der Waals surface area (Å²) < 4.78 is 5.51. The lowest BCUT2D eigenvalue weighted by Crippen LogP contribution is -2.40. The number of hydrogen-bond acceptors (Lipinski definition) is 2. The highest BCUT2D eigenvalue weighted by atomic mass is 35.5. The van der Waals surface area contributed by atoms with E-state index in [9.17, 15) is 4.79 Å². The van der Waals surface area contributed by atoms with Gasteiger partial charge in [0.15, 0.2) is 0 Å². The molecule has 1 atom stereocenters. The summed E-state index contributed by atoms with van der Waals surface area (Å²) in [6.45, 7) is 4.15. The van der Waals surface area contributed by atoms with E-state index in [1.165, 1.54) is 0 Å². The van der Waals surface area contributed by atoms with Crippen LogP contribution in [-0.4, -0.2) is 18.4 Å². The molecule has 1 unspecified atom stereocenters. The van der Waals surface area contributed by atoms with Crippen molar-refractivity contribution in [2.24, 2.45) is 5.41 Å². The maximum atomic E-state index is 12.0. The van der Waals surface area contributed by atoms with Gasteiger partial charge in [-0.3, -0.25) is 4.79 Å². The number of para-hydroxylation sites is 1. The largest absolute Gasteiger partial charge is 0.491 e. The lowest BCUT2D eigenvalue weighted by Gasteiger charge is -2.23. The molecule has 1 aliphatic rings. The molecule has 4 heteroatoms. The zero-order chi connectivity index (χ0) is 12.5. The van der Waals surface area contributed by atoms with Crippen molar-refractivity contribution in [3.05, 3.63) is 29.8 Å². The second-order valence-corrected chi connectivity index (χ2v) is 5.16.